The van der Waals surface area contributed by atoms with Crippen molar-refractivity contribution < 1.29 is 9.59 Å². The van der Waals surface area contributed by atoms with Crippen LogP contribution in [0, 0.1) is 17.8 Å². The number of benzene rings is 1. The number of hydrogen-bond donors (Lipinski definition) is 0. The topological polar surface area (TPSA) is 53.5 Å². The fourth-order valence-corrected chi connectivity index (χ4v) is 3.68. The normalized spacial score (nSPS) is 15.8. The number of rotatable bonds is 6. The molecule has 1 aromatic carbocycles. The van der Waals surface area contributed by atoms with Gasteiger partial charge in [-0.3, -0.25) is 14.6 Å². The van der Waals surface area contributed by atoms with Crippen LogP contribution in [0.5, 0.6) is 0 Å². The van der Waals surface area contributed by atoms with Crippen LogP contribution >= 0.6 is 0 Å². The van der Waals surface area contributed by atoms with Gasteiger partial charge in [-0.2, -0.15) is 0 Å². The molecule has 0 N–H and O–H groups in total. The number of hydrogen-bond acceptors (Lipinski definition) is 3. The summed E-state index contributed by atoms with van der Waals surface area (Å²) in [4.78, 5) is 32.9. The van der Waals surface area contributed by atoms with E-state index in [2.05, 4.69) is 16.8 Å². The Morgan fingerprint density at radius 2 is 1.97 bits per heavy atom. The summed E-state index contributed by atoms with van der Waals surface area (Å²) in [5.74, 6) is 6.09. The molecule has 1 unspecified atom stereocenters. The van der Waals surface area contributed by atoms with Crippen molar-refractivity contribution in [2.24, 2.45) is 5.92 Å². The minimum Gasteiger partial charge on any atom is -0.345 e. The molecule has 1 saturated heterocycles. The SMILES string of the molecule is CN(CCc1ccccn1)C(=O)CCC1CCCN(C(=O)C#Cc2ccccc2)C1. The molecule has 30 heavy (non-hydrogen) atoms. The van der Waals surface area contributed by atoms with Crippen LogP contribution in [0.15, 0.2) is 54.7 Å². The molecule has 5 heteroatoms. The van der Waals surface area contributed by atoms with E-state index in [1.54, 1.807) is 11.1 Å². The second kappa shape index (κ2) is 11.2. The van der Waals surface area contributed by atoms with Crippen molar-refractivity contribution in [3.05, 3.63) is 66.0 Å². The summed E-state index contributed by atoms with van der Waals surface area (Å²) in [7, 11) is 1.85. The van der Waals surface area contributed by atoms with Gasteiger partial charge in [-0.1, -0.05) is 30.2 Å². The number of aromatic nitrogens is 1. The molecule has 1 fully saturated rings. The molecule has 1 aromatic heterocycles. The molecule has 0 radical (unpaired) electrons. The van der Waals surface area contributed by atoms with Crippen LogP contribution in [0.4, 0.5) is 0 Å². The Morgan fingerprint density at radius 1 is 1.17 bits per heavy atom. The summed E-state index contributed by atoms with van der Waals surface area (Å²) < 4.78 is 0. The van der Waals surface area contributed by atoms with Gasteiger partial charge < -0.3 is 9.80 Å². The lowest BCUT2D eigenvalue weighted by Crippen LogP contribution is -2.39. The third-order valence-electron chi connectivity index (χ3n) is 5.52. The molecule has 1 aliphatic rings. The summed E-state index contributed by atoms with van der Waals surface area (Å²) in [6.45, 7) is 2.10. The van der Waals surface area contributed by atoms with Crippen LogP contribution < -0.4 is 0 Å². The zero-order valence-corrected chi connectivity index (χ0v) is 17.6. The van der Waals surface area contributed by atoms with E-state index in [1.165, 1.54) is 0 Å². The fraction of sp³-hybridized carbons (Fsp3) is 0.400. The maximum Gasteiger partial charge on any atom is 0.298 e. The average Bonchev–Trinajstić information content (AvgIpc) is 2.81. The maximum absolute atomic E-state index is 12.5. The summed E-state index contributed by atoms with van der Waals surface area (Å²) >= 11 is 0. The van der Waals surface area contributed by atoms with Gasteiger partial charge >= 0.3 is 0 Å². The van der Waals surface area contributed by atoms with Crippen LogP contribution in [0.1, 0.15) is 36.9 Å². The highest BCUT2D eigenvalue weighted by Gasteiger charge is 2.23. The largest absolute Gasteiger partial charge is 0.345 e. The molecule has 0 bridgehead atoms. The molecule has 0 aliphatic carbocycles. The summed E-state index contributed by atoms with van der Waals surface area (Å²) in [5.41, 5.74) is 1.84. The Labute approximate surface area is 179 Å². The van der Waals surface area contributed by atoms with Gasteiger partial charge in [0.15, 0.2) is 0 Å². The van der Waals surface area contributed by atoms with Gasteiger partial charge in [0, 0.05) is 62.9 Å². The van der Waals surface area contributed by atoms with Gasteiger partial charge in [-0.05, 0) is 49.4 Å². The van der Waals surface area contributed by atoms with Crippen LogP contribution in [0.2, 0.25) is 0 Å². The zero-order chi connectivity index (χ0) is 21.2. The van der Waals surface area contributed by atoms with E-state index in [1.807, 2.05) is 60.5 Å². The standard InChI is InChI=1S/C25H29N3O2/c1-27(19-16-23-11-5-6-17-26-23)24(29)14-13-22-10-7-18-28(20-22)25(30)15-12-21-8-3-2-4-9-21/h2-6,8-9,11,17,22H,7,10,13-14,16,18-20H2,1H3. The highest BCUT2D eigenvalue weighted by molar-refractivity contribution is 5.94. The van der Waals surface area contributed by atoms with Gasteiger partial charge in [0.1, 0.15) is 0 Å². The minimum absolute atomic E-state index is 0.123. The lowest BCUT2D eigenvalue weighted by molar-refractivity contribution is -0.130. The number of likely N-dealkylation sites (N-methyl/N-ethyl adjacent to an activating group) is 1. The van der Waals surface area contributed by atoms with E-state index in [0.717, 1.165) is 43.5 Å². The third kappa shape index (κ3) is 6.73. The second-order valence-corrected chi connectivity index (χ2v) is 7.80. The number of carbonyl (C=O) groups is 2. The maximum atomic E-state index is 12.5. The molecule has 5 nitrogen and oxygen atoms in total. The minimum atomic E-state index is -0.123. The van der Waals surface area contributed by atoms with Crippen molar-refractivity contribution in [2.45, 2.75) is 32.1 Å². The van der Waals surface area contributed by atoms with E-state index in [9.17, 15) is 9.59 Å². The van der Waals surface area contributed by atoms with E-state index < -0.39 is 0 Å². The molecule has 0 saturated carbocycles. The Morgan fingerprint density at radius 3 is 2.73 bits per heavy atom. The van der Waals surface area contributed by atoms with Crippen LogP contribution in [-0.4, -0.2) is 53.3 Å². The highest BCUT2D eigenvalue weighted by Crippen LogP contribution is 2.21. The molecule has 1 aliphatic heterocycles. The Balaban J connectivity index is 1.42. The molecule has 2 aromatic rings. The molecule has 0 spiro atoms. The first-order valence-electron chi connectivity index (χ1n) is 10.6. The number of carbonyl (C=O) groups excluding carboxylic acids is 2. The number of pyridine rings is 1. The zero-order valence-electron chi connectivity index (χ0n) is 17.6. The first kappa shape index (κ1) is 21.6. The van der Waals surface area contributed by atoms with Gasteiger partial charge in [-0.25, -0.2) is 0 Å². The van der Waals surface area contributed by atoms with Crippen molar-refractivity contribution in [3.8, 4) is 11.8 Å². The number of nitrogens with zero attached hydrogens (tertiary/aromatic N) is 3. The first-order valence-corrected chi connectivity index (χ1v) is 10.6. The van der Waals surface area contributed by atoms with Crippen molar-refractivity contribution in [1.82, 2.24) is 14.8 Å². The Hall–Kier alpha value is -3.13. The number of amides is 2. The lowest BCUT2D eigenvalue weighted by Gasteiger charge is -2.31. The van der Waals surface area contributed by atoms with E-state index >= 15 is 0 Å². The Kier molecular flexibility index (Phi) is 8.02. The molecular weight excluding hydrogens is 374 g/mol. The van der Waals surface area contributed by atoms with Crippen LogP contribution in [0.3, 0.4) is 0 Å². The second-order valence-electron chi connectivity index (χ2n) is 7.80. The smallest absolute Gasteiger partial charge is 0.298 e. The third-order valence-corrected chi connectivity index (χ3v) is 5.52. The van der Waals surface area contributed by atoms with Crippen molar-refractivity contribution in [1.29, 1.82) is 0 Å². The average molecular weight is 404 g/mol. The predicted molar refractivity (Wildman–Crippen MR) is 117 cm³/mol. The molecule has 2 amide bonds. The summed E-state index contributed by atoms with van der Waals surface area (Å²) in [5, 5.41) is 0. The molecular formula is C25H29N3O2. The quantitative estimate of drug-likeness (QED) is 0.697. The van der Waals surface area contributed by atoms with Gasteiger partial charge in [0.05, 0.1) is 0 Å². The van der Waals surface area contributed by atoms with E-state index in [0.29, 0.717) is 25.4 Å². The Bertz CT molecular complexity index is 887. The van der Waals surface area contributed by atoms with Gasteiger partial charge in [-0.15, -0.1) is 0 Å². The van der Waals surface area contributed by atoms with Crippen molar-refractivity contribution in [2.75, 3.05) is 26.7 Å². The van der Waals surface area contributed by atoms with E-state index in [4.69, 9.17) is 0 Å². The highest BCUT2D eigenvalue weighted by atomic mass is 16.2. The van der Waals surface area contributed by atoms with Crippen molar-refractivity contribution >= 4 is 11.8 Å². The first-order chi connectivity index (χ1) is 14.6. The van der Waals surface area contributed by atoms with E-state index in [-0.39, 0.29) is 11.8 Å². The predicted octanol–water partition coefficient (Wildman–Crippen LogP) is 3.15. The summed E-state index contributed by atoms with van der Waals surface area (Å²) in [6.07, 6.45) is 5.88. The molecule has 3 rings (SSSR count). The fourth-order valence-electron chi connectivity index (χ4n) is 3.68. The monoisotopic (exact) mass is 403 g/mol. The molecule has 1 atom stereocenters. The lowest BCUT2D eigenvalue weighted by atomic mass is 9.93. The van der Waals surface area contributed by atoms with Crippen molar-refractivity contribution in [3.63, 3.8) is 0 Å². The summed E-state index contributed by atoms with van der Waals surface area (Å²) in [6, 6.07) is 15.4. The van der Waals surface area contributed by atoms with Crippen LogP contribution in [-0.2, 0) is 16.0 Å². The van der Waals surface area contributed by atoms with Gasteiger partial charge in [0.25, 0.3) is 5.91 Å². The molecule has 2 heterocycles. The van der Waals surface area contributed by atoms with Gasteiger partial charge in [0.2, 0.25) is 5.91 Å². The van der Waals surface area contributed by atoms with Crippen LogP contribution in [0.25, 0.3) is 0 Å². The number of piperidine rings is 1. The molecule has 156 valence electrons. The number of likely N-dealkylation sites (tertiary alicyclic amines) is 1.